The Morgan fingerprint density at radius 2 is 2.00 bits per heavy atom. The van der Waals surface area contributed by atoms with Gasteiger partial charge in [-0.15, -0.1) is 0 Å². The van der Waals surface area contributed by atoms with Crippen molar-refractivity contribution in [1.82, 2.24) is 0 Å². The Morgan fingerprint density at radius 1 is 1.25 bits per heavy atom. The summed E-state index contributed by atoms with van der Waals surface area (Å²) in [7, 11) is 0. The van der Waals surface area contributed by atoms with E-state index in [9.17, 15) is 9.50 Å². The van der Waals surface area contributed by atoms with Gasteiger partial charge in [0.05, 0.1) is 6.10 Å². The van der Waals surface area contributed by atoms with Gasteiger partial charge < -0.3 is 9.84 Å². The third-order valence-corrected chi connectivity index (χ3v) is 3.38. The van der Waals surface area contributed by atoms with Crippen LogP contribution in [-0.2, 0) is 6.61 Å². The largest absolute Gasteiger partial charge is 0.488 e. The molecule has 4 heteroatoms. The molecule has 0 fully saturated rings. The monoisotopic (exact) mass is 294 g/mol. The molecule has 2 nitrogen and oxygen atoms in total. The quantitative estimate of drug-likeness (QED) is 0.904. The van der Waals surface area contributed by atoms with Crippen molar-refractivity contribution in [2.45, 2.75) is 26.6 Å². The summed E-state index contributed by atoms with van der Waals surface area (Å²) >= 11 is 6.00. The van der Waals surface area contributed by atoms with Gasteiger partial charge in [-0.25, -0.2) is 4.39 Å². The summed E-state index contributed by atoms with van der Waals surface area (Å²) in [4.78, 5) is 0. The number of hydrogen-bond acceptors (Lipinski definition) is 2. The van der Waals surface area contributed by atoms with Crippen LogP contribution < -0.4 is 4.74 Å². The molecule has 0 aliphatic heterocycles. The smallest absolute Gasteiger partial charge is 0.125 e. The van der Waals surface area contributed by atoms with Gasteiger partial charge in [0.1, 0.15) is 18.2 Å². The van der Waals surface area contributed by atoms with Gasteiger partial charge in [-0.2, -0.15) is 0 Å². The van der Waals surface area contributed by atoms with Crippen LogP contribution in [0.3, 0.4) is 0 Å². The summed E-state index contributed by atoms with van der Waals surface area (Å²) in [5, 5.41) is 10.2. The third kappa shape index (κ3) is 3.50. The van der Waals surface area contributed by atoms with E-state index in [0.29, 0.717) is 21.9 Å². The molecule has 20 heavy (non-hydrogen) atoms. The Kier molecular flexibility index (Phi) is 4.63. The SMILES string of the molecule is Cc1ccc([C@@H](C)O)c(OCc2cc(F)ccc2Cl)c1. The van der Waals surface area contributed by atoms with Crippen molar-refractivity contribution in [3.63, 3.8) is 0 Å². The van der Waals surface area contributed by atoms with E-state index in [4.69, 9.17) is 16.3 Å². The maximum Gasteiger partial charge on any atom is 0.125 e. The zero-order chi connectivity index (χ0) is 14.7. The van der Waals surface area contributed by atoms with E-state index < -0.39 is 6.10 Å². The predicted octanol–water partition coefficient (Wildman–Crippen LogP) is 4.42. The van der Waals surface area contributed by atoms with Crippen molar-refractivity contribution in [3.05, 3.63) is 63.9 Å². The van der Waals surface area contributed by atoms with E-state index in [1.165, 1.54) is 18.2 Å². The lowest BCUT2D eigenvalue weighted by Crippen LogP contribution is -2.02. The van der Waals surface area contributed by atoms with Crippen molar-refractivity contribution in [1.29, 1.82) is 0 Å². The van der Waals surface area contributed by atoms with E-state index in [1.807, 2.05) is 25.1 Å². The maximum absolute atomic E-state index is 13.2. The van der Waals surface area contributed by atoms with E-state index >= 15 is 0 Å². The standard InChI is InChI=1S/C16H16ClFO2/c1-10-3-5-14(11(2)19)16(7-10)20-9-12-8-13(18)4-6-15(12)17/h3-8,11,19H,9H2,1-2H3/t11-/m1/s1. The summed E-state index contributed by atoms with van der Waals surface area (Å²) in [6, 6.07) is 9.73. The molecule has 0 aliphatic carbocycles. The first-order valence-corrected chi connectivity index (χ1v) is 6.70. The normalized spacial score (nSPS) is 12.2. The van der Waals surface area contributed by atoms with Crippen LogP contribution in [0.25, 0.3) is 0 Å². The minimum atomic E-state index is -0.631. The van der Waals surface area contributed by atoms with Crippen LogP contribution in [0.15, 0.2) is 36.4 Å². The summed E-state index contributed by atoms with van der Waals surface area (Å²) in [6.07, 6.45) is -0.631. The third-order valence-electron chi connectivity index (χ3n) is 3.01. The molecule has 1 atom stereocenters. The molecule has 0 radical (unpaired) electrons. The second-order valence-electron chi connectivity index (χ2n) is 4.74. The molecule has 0 amide bonds. The minimum absolute atomic E-state index is 0.153. The van der Waals surface area contributed by atoms with Crippen molar-refractivity contribution in [3.8, 4) is 5.75 Å². The fourth-order valence-electron chi connectivity index (χ4n) is 1.92. The Hall–Kier alpha value is -1.58. The molecule has 0 unspecified atom stereocenters. The van der Waals surface area contributed by atoms with Crippen LogP contribution in [0.5, 0.6) is 5.75 Å². The number of benzene rings is 2. The maximum atomic E-state index is 13.2. The molecule has 0 aromatic heterocycles. The molecule has 1 N–H and O–H groups in total. The lowest BCUT2D eigenvalue weighted by molar-refractivity contribution is 0.190. The van der Waals surface area contributed by atoms with Crippen LogP contribution in [0.1, 0.15) is 29.7 Å². The molecule has 0 aliphatic rings. The summed E-state index contributed by atoms with van der Waals surface area (Å²) in [6.45, 7) is 3.76. The van der Waals surface area contributed by atoms with E-state index in [-0.39, 0.29) is 12.4 Å². The zero-order valence-electron chi connectivity index (χ0n) is 11.4. The molecular formula is C16H16ClFO2. The molecule has 0 saturated heterocycles. The second-order valence-corrected chi connectivity index (χ2v) is 5.15. The van der Waals surface area contributed by atoms with Crippen LogP contribution >= 0.6 is 11.6 Å². The number of ether oxygens (including phenoxy) is 1. The van der Waals surface area contributed by atoms with Crippen molar-refractivity contribution < 1.29 is 14.2 Å². The molecule has 2 rings (SSSR count). The highest BCUT2D eigenvalue weighted by Crippen LogP contribution is 2.28. The number of aryl methyl sites for hydroxylation is 1. The molecule has 0 spiro atoms. The first kappa shape index (κ1) is 14.8. The molecular weight excluding hydrogens is 279 g/mol. The van der Waals surface area contributed by atoms with Gasteiger partial charge in [0.25, 0.3) is 0 Å². The Bertz CT molecular complexity index is 611. The summed E-state index contributed by atoms with van der Waals surface area (Å²) in [5.74, 6) is 0.230. The second kappa shape index (κ2) is 6.25. The van der Waals surface area contributed by atoms with Gasteiger partial charge in [-0.1, -0.05) is 23.7 Å². The van der Waals surface area contributed by atoms with Gasteiger partial charge in [-0.05, 0) is 43.7 Å². The van der Waals surface area contributed by atoms with Crippen molar-refractivity contribution >= 4 is 11.6 Å². The number of hydrogen-bond donors (Lipinski definition) is 1. The molecule has 0 heterocycles. The molecule has 0 saturated carbocycles. The minimum Gasteiger partial charge on any atom is -0.488 e. The Labute approximate surface area is 122 Å². The van der Waals surface area contributed by atoms with E-state index in [0.717, 1.165) is 5.56 Å². The number of aliphatic hydroxyl groups excluding tert-OH is 1. The van der Waals surface area contributed by atoms with Gasteiger partial charge in [0, 0.05) is 16.1 Å². The van der Waals surface area contributed by atoms with Crippen LogP contribution in [-0.4, -0.2) is 5.11 Å². The highest BCUT2D eigenvalue weighted by molar-refractivity contribution is 6.31. The zero-order valence-corrected chi connectivity index (χ0v) is 12.1. The van der Waals surface area contributed by atoms with Crippen molar-refractivity contribution in [2.24, 2.45) is 0 Å². The van der Waals surface area contributed by atoms with Gasteiger partial charge in [0.15, 0.2) is 0 Å². The Balaban J connectivity index is 2.22. The lowest BCUT2D eigenvalue weighted by Gasteiger charge is -2.15. The highest BCUT2D eigenvalue weighted by atomic mass is 35.5. The molecule has 106 valence electrons. The van der Waals surface area contributed by atoms with Gasteiger partial charge >= 0.3 is 0 Å². The topological polar surface area (TPSA) is 29.5 Å². The van der Waals surface area contributed by atoms with Gasteiger partial charge in [-0.3, -0.25) is 0 Å². The molecule has 0 bridgehead atoms. The summed E-state index contributed by atoms with van der Waals surface area (Å²) in [5.41, 5.74) is 2.29. The predicted molar refractivity (Wildman–Crippen MR) is 77.6 cm³/mol. The van der Waals surface area contributed by atoms with E-state index in [1.54, 1.807) is 6.92 Å². The fourth-order valence-corrected chi connectivity index (χ4v) is 2.09. The molecule has 2 aromatic rings. The van der Waals surface area contributed by atoms with Crippen molar-refractivity contribution in [2.75, 3.05) is 0 Å². The fraction of sp³-hybridized carbons (Fsp3) is 0.250. The summed E-state index contributed by atoms with van der Waals surface area (Å²) < 4.78 is 18.9. The number of halogens is 2. The Morgan fingerprint density at radius 3 is 2.70 bits per heavy atom. The number of aliphatic hydroxyl groups is 1. The van der Waals surface area contributed by atoms with Crippen LogP contribution in [0, 0.1) is 12.7 Å². The van der Waals surface area contributed by atoms with E-state index in [2.05, 4.69) is 0 Å². The molecule has 2 aromatic carbocycles. The average Bonchev–Trinajstić information content (AvgIpc) is 2.39. The first-order valence-electron chi connectivity index (χ1n) is 6.32. The average molecular weight is 295 g/mol. The van der Waals surface area contributed by atoms with Crippen LogP contribution in [0.4, 0.5) is 4.39 Å². The van der Waals surface area contributed by atoms with Crippen LogP contribution in [0.2, 0.25) is 5.02 Å². The first-order chi connectivity index (χ1) is 9.47. The highest BCUT2D eigenvalue weighted by Gasteiger charge is 2.10. The lowest BCUT2D eigenvalue weighted by atomic mass is 10.1. The van der Waals surface area contributed by atoms with Gasteiger partial charge in [0.2, 0.25) is 0 Å². The number of rotatable bonds is 4.